The molecule has 0 fully saturated rings. The first kappa shape index (κ1) is 34.8. The van der Waals surface area contributed by atoms with Gasteiger partial charge in [0.2, 0.25) is 0 Å². The topological polar surface area (TPSA) is 115 Å². The molecule has 30 heavy (non-hydrogen) atoms. The smallest absolute Gasteiger partial charge is 0.307 e. The highest BCUT2D eigenvalue weighted by molar-refractivity contribution is 5.70. The van der Waals surface area contributed by atoms with E-state index in [2.05, 4.69) is 0 Å². The normalized spacial score (nSPS) is 7.73. The van der Waals surface area contributed by atoms with E-state index in [-0.39, 0.29) is 26.1 Å². The van der Waals surface area contributed by atoms with Crippen LogP contribution < -0.4 is 0 Å². The summed E-state index contributed by atoms with van der Waals surface area (Å²) in [4.78, 5) is 19.5. The van der Waals surface area contributed by atoms with Crippen LogP contribution in [0, 0.1) is 0 Å². The van der Waals surface area contributed by atoms with Gasteiger partial charge in [0.05, 0.1) is 13.0 Å². The summed E-state index contributed by atoms with van der Waals surface area (Å²) in [5.41, 5.74) is 1.81. The number of benzene rings is 2. The van der Waals surface area contributed by atoms with E-state index in [0.29, 0.717) is 0 Å². The van der Waals surface area contributed by atoms with Gasteiger partial charge in [-0.25, -0.2) is 0 Å². The molecule has 0 radical (unpaired) electrons. The minimum absolute atomic E-state index is 0.112. The van der Waals surface area contributed by atoms with Crippen molar-refractivity contribution in [2.75, 3.05) is 6.61 Å². The summed E-state index contributed by atoms with van der Waals surface area (Å²) in [6.07, 6.45) is 0.334. The number of aliphatic hydroxyl groups excluding tert-OH is 2. The van der Waals surface area contributed by atoms with Gasteiger partial charge in [0.15, 0.2) is 0 Å². The van der Waals surface area contributed by atoms with Crippen molar-refractivity contribution in [3.63, 3.8) is 0 Å². The maximum Gasteiger partial charge on any atom is 0.307 e. The van der Waals surface area contributed by atoms with Gasteiger partial charge in [-0.3, -0.25) is 9.59 Å². The van der Waals surface area contributed by atoms with E-state index in [0.717, 1.165) is 11.1 Å². The van der Waals surface area contributed by atoms with Crippen LogP contribution in [0.1, 0.15) is 59.1 Å². The lowest BCUT2D eigenvalue weighted by atomic mass is 10.2. The Bertz CT molecular complexity index is 571. The fraction of sp³-hybridized carbons (Fsp3) is 0.417. The van der Waals surface area contributed by atoms with Crippen molar-refractivity contribution in [3.8, 4) is 0 Å². The van der Waals surface area contributed by atoms with Crippen molar-refractivity contribution < 1.29 is 30.0 Å². The molecule has 0 saturated carbocycles. The van der Waals surface area contributed by atoms with Gasteiger partial charge in [0.1, 0.15) is 0 Å². The number of aliphatic hydroxyl groups is 2. The molecule has 0 bridgehead atoms. The second kappa shape index (κ2) is 31.0. The van der Waals surface area contributed by atoms with Crippen LogP contribution in [-0.2, 0) is 22.6 Å². The Kier molecular flexibility index (Phi) is 36.0. The summed E-state index contributed by atoms with van der Waals surface area (Å²) in [7, 11) is 0. The first-order valence-corrected chi connectivity index (χ1v) is 10.1. The molecule has 6 heteroatoms. The van der Waals surface area contributed by atoms with Crippen LogP contribution in [0.3, 0.4) is 0 Å². The van der Waals surface area contributed by atoms with Crippen LogP contribution in [0.2, 0.25) is 0 Å². The molecule has 6 nitrogen and oxygen atoms in total. The lowest BCUT2D eigenvalue weighted by molar-refractivity contribution is -0.137. The zero-order valence-electron chi connectivity index (χ0n) is 19.2. The average molecular weight is 425 g/mol. The maximum atomic E-state index is 10.2. The van der Waals surface area contributed by atoms with Crippen molar-refractivity contribution in [2.24, 2.45) is 0 Å². The van der Waals surface area contributed by atoms with Crippen LogP contribution >= 0.6 is 0 Å². The fourth-order valence-electron chi connectivity index (χ4n) is 1.35. The quantitative estimate of drug-likeness (QED) is 0.547. The van der Waals surface area contributed by atoms with Crippen LogP contribution in [0.4, 0.5) is 0 Å². The van der Waals surface area contributed by atoms with E-state index < -0.39 is 11.9 Å². The van der Waals surface area contributed by atoms with E-state index in [4.69, 9.17) is 20.4 Å². The van der Waals surface area contributed by atoms with Crippen molar-refractivity contribution in [1.82, 2.24) is 0 Å². The number of rotatable bonds is 4. The molecule has 0 aliphatic heterocycles. The van der Waals surface area contributed by atoms with Crippen molar-refractivity contribution in [3.05, 3.63) is 71.8 Å². The highest BCUT2D eigenvalue weighted by Gasteiger charge is 1.96. The number of carboxylic acid groups (broad SMARTS) is 2. The zero-order chi connectivity index (χ0) is 24.2. The summed E-state index contributed by atoms with van der Waals surface area (Å²) < 4.78 is 0. The molecule has 4 N–H and O–H groups in total. The largest absolute Gasteiger partial charge is 0.481 e. The third-order valence-corrected chi connectivity index (χ3v) is 2.53. The minimum atomic E-state index is -0.786. The third kappa shape index (κ3) is 32.9. The highest BCUT2D eigenvalue weighted by Crippen LogP contribution is 1.98. The third-order valence-electron chi connectivity index (χ3n) is 2.53. The Morgan fingerprint density at radius 2 is 0.967 bits per heavy atom. The van der Waals surface area contributed by atoms with Gasteiger partial charge in [-0.05, 0) is 18.1 Å². The first-order chi connectivity index (χ1) is 14.4. The van der Waals surface area contributed by atoms with E-state index in [1.165, 1.54) is 0 Å². The Morgan fingerprint density at radius 3 is 1.17 bits per heavy atom. The fourth-order valence-corrected chi connectivity index (χ4v) is 1.35. The molecule has 2 rings (SSSR count). The average Bonchev–Trinajstić information content (AvgIpc) is 2.79. The number of hydrogen-bond donors (Lipinski definition) is 4. The summed E-state index contributed by atoms with van der Waals surface area (Å²) in [6.45, 7) is 11.7. The molecular formula is C24H40O6. The molecule has 2 aromatic carbocycles. The molecule has 0 atom stereocenters. The second-order valence-electron chi connectivity index (χ2n) is 4.76. The van der Waals surface area contributed by atoms with E-state index in [1.807, 2.05) is 76.2 Å². The van der Waals surface area contributed by atoms with E-state index >= 15 is 0 Å². The molecule has 172 valence electrons. The van der Waals surface area contributed by atoms with Crippen molar-refractivity contribution in [2.45, 2.75) is 61.0 Å². The van der Waals surface area contributed by atoms with Crippen LogP contribution in [0.25, 0.3) is 0 Å². The van der Waals surface area contributed by atoms with Gasteiger partial charge in [-0.15, -0.1) is 0 Å². The predicted octanol–water partition coefficient (Wildman–Crippen LogP) is 5.02. The van der Waals surface area contributed by atoms with E-state index in [1.54, 1.807) is 26.0 Å². The van der Waals surface area contributed by atoms with Crippen molar-refractivity contribution >= 4 is 11.9 Å². The number of aliphatic carboxylic acids is 2. The number of carbonyl (C=O) groups is 2. The summed E-state index contributed by atoms with van der Waals surface area (Å²) in [5, 5.41) is 32.2. The maximum absolute atomic E-state index is 10.2. The van der Waals surface area contributed by atoms with Crippen molar-refractivity contribution in [1.29, 1.82) is 0 Å². The molecular weight excluding hydrogens is 384 g/mol. The Hall–Kier alpha value is -2.70. The Balaban J connectivity index is -0.000000152. The highest BCUT2D eigenvalue weighted by atomic mass is 16.4. The Morgan fingerprint density at radius 1 is 0.667 bits per heavy atom. The van der Waals surface area contributed by atoms with Gasteiger partial charge < -0.3 is 20.4 Å². The van der Waals surface area contributed by atoms with Gasteiger partial charge >= 0.3 is 11.9 Å². The summed E-state index contributed by atoms with van der Waals surface area (Å²) in [6, 6.07) is 18.7. The van der Waals surface area contributed by atoms with Gasteiger partial charge in [0.25, 0.3) is 0 Å². The monoisotopic (exact) mass is 424 g/mol. The van der Waals surface area contributed by atoms with Gasteiger partial charge in [-0.1, -0.05) is 95.3 Å². The molecule has 0 saturated heterocycles. The van der Waals surface area contributed by atoms with E-state index in [9.17, 15) is 9.59 Å². The lowest BCUT2D eigenvalue weighted by Crippen LogP contribution is -1.98. The molecule has 0 amide bonds. The predicted molar refractivity (Wildman–Crippen MR) is 124 cm³/mol. The molecule has 0 aliphatic carbocycles. The molecule has 0 heterocycles. The van der Waals surface area contributed by atoms with Crippen LogP contribution in [-0.4, -0.2) is 39.0 Å². The number of hydrogen-bond acceptors (Lipinski definition) is 4. The molecule has 0 spiro atoms. The second-order valence-corrected chi connectivity index (χ2v) is 4.76. The zero-order valence-corrected chi connectivity index (χ0v) is 19.2. The minimum Gasteiger partial charge on any atom is -0.481 e. The lowest BCUT2D eigenvalue weighted by Gasteiger charge is -1.92. The summed E-state index contributed by atoms with van der Waals surface area (Å²) >= 11 is 0. The van der Waals surface area contributed by atoms with Gasteiger partial charge in [-0.2, -0.15) is 0 Å². The number of carboxylic acids is 2. The summed E-state index contributed by atoms with van der Waals surface area (Å²) in [5.74, 6) is -1.53. The van der Waals surface area contributed by atoms with Gasteiger partial charge in [0, 0.05) is 13.0 Å². The molecule has 2 aromatic rings. The molecule has 0 aliphatic rings. The van der Waals surface area contributed by atoms with Crippen LogP contribution in [0.15, 0.2) is 60.7 Å². The first-order valence-electron chi connectivity index (χ1n) is 10.1. The van der Waals surface area contributed by atoms with Crippen LogP contribution in [0.5, 0.6) is 0 Å². The Labute approximate surface area is 181 Å². The standard InChI is InChI=1S/C8H8O2.C7H8O.C3H6O2.C2H6O.2C2H6/c9-8(10)6-7-4-2-1-3-5-7;8-6-7-4-2-1-3-5-7;1-2-3(4)5;1-2-3;2*1-2/h1-5H,6H2,(H,9,10);1-5,8H,6H2;2H2,1H3,(H,4,5);3H,2H2,1H3;2*1-2H3. The molecule has 0 aromatic heterocycles. The molecule has 0 unspecified atom stereocenters. The SMILES string of the molecule is CC.CC.CCC(=O)O.CCO.O=C(O)Cc1ccccc1.OCc1ccccc1.